The van der Waals surface area contributed by atoms with Crippen molar-refractivity contribution in [1.82, 2.24) is 15.5 Å². The summed E-state index contributed by atoms with van der Waals surface area (Å²) in [4.78, 5) is 47.2. The van der Waals surface area contributed by atoms with Crippen molar-refractivity contribution in [3.63, 3.8) is 0 Å². The molecule has 0 saturated carbocycles. The Hall–Kier alpha value is -3.01. The molecule has 1 rings (SSSR count). The van der Waals surface area contributed by atoms with E-state index in [2.05, 4.69) is 16.0 Å². The second-order valence-corrected chi connectivity index (χ2v) is 6.58. The van der Waals surface area contributed by atoms with E-state index in [-0.39, 0.29) is 18.9 Å². The van der Waals surface area contributed by atoms with Gasteiger partial charge in [0.25, 0.3) is 0 Å². The van der Waals surface area contributed by atoms with Gasteiger partial charge < -0.3 is 31.7 Å². The Morgan fingerprint density at radius 3 is 2.29 bits per heavy atom. The Balaban J connectivity index is 2.71. The van der Waals surface area contributed by atoms with E-state index in [4.69, 9.17) is 22.4 Å². The maximum Gasteiger partial charge on any atom is 0.405 e. The van der Waals surface area contributed by atoms with Gasteiger partial charge in [-0.15, -0.1) is 11.6 Å². The fourth-order valence-electron chi connectivity index (χ4n) is 2.27. The number of carboxylic acid groups (broad SMARTS) is 1. The van der Waals surface area contributed by atoms with Crippen LogP contribution in [0.15, 0.2) is 24.3 Å². The highest BCUT2D eigenvalue weighted by Gasteiger charge is 2.22. The smallest absolute Gasteiger partial charge is 0.405 e. The van der Waals surface area contributed by atoms with Crippen LogP contribution in [-0.2, 0) is 9.59 Å². The minimum absolute atomic E-state index is 0.164. The van der Waals surface area contributed by atoms with Crippen molar-refractivity contribution < 1.29 is 24.3 Å². The van der Waals surface area contributed by atoms with E-state index in [0.29, 0.717) is 17.7 Å². The lowest BCUT2D eigenvalue weighted by Gasteiger charge is -2.18. The summed E-state index contributed by atoms with van der Waals surface area (Å²) in [5, 5.41) is 15.2. The SMILES string of the molecule is CN(C)C(=O)C(Cl)c1ccc(NC(=O)[C@H](CCCNC(N)=O)NC(=O)O)cc1. The van der Waals surface area contributed by atoms with E-state index in [9.17, 15) is 19.2 Å². The van der Waals surface area contributed by atoms with Gasteiger partial charge in [-0.1, -0.05) is 12.1 Å². The Bertz CT molecular complexity index is 710. The number of urea groups is 1. The van der Waals surface area contributed by atoms with Gasteiger partial charge in [0.05, 0.1) is 0 Å². The first-order valence-electron chi connectivity index (χ1n) is 8.40. The fraction of sp³-hybridized carbons (Fsp3) is 0.412. The second-order valence-electron chi connectivity index (χ2n) is 6.14. The zero-order valence-corrected chi connectivity index (χ0v) is 16.3. The quantitative estimate of drug-likeness (QED) is 0.302. The van der Waals surface area contributed by atoms with E-state index in [1.54, 1.807) is 38.4 Å². The topological polar surface area (TPSA) is 154 Å². The van der Waals surface area contributed by atoms with Crippen molar-refractivity contribution in [2.75, 3.05) is 26.0 Å². The third-order valence-corrected chi connectivity index (χ3v) is 4.15. The molecule has 2 atom stereocenters. The zero-order valence-electron chi connectivity index (χ0n) is 15.6. The minimum Gasteiger partial charge on any atom is -0.465 e. The number of benzene rings is 1. The molecule has 0 radical (unpaired) electrons. The maximum atomic E-state index is 12.4. The van der Waals surface area contributed by atoms with Crippen LogP contribution in [0.3, 0.4) is 0 Å². The molecule has 0 aromatic heterocycles. The van der Waals surface area contributed by atoms with Crippen molar-refractivity contribution in [1.29, 1.82) is 0 Å². The standard InChI is InChI=1S/C17H24ClN5O5/c1-23(2)15(25)13(18)10-5-7-11(8-6-10)21-14(24)12(22-17(27)28)4-3-9-20-16(19)26/h5-8,12-13,22H,3-4,9H2,1-2H3,(H,21,24)(H,27,28)(H3,19,20,26)/t12-,13?/m0/s1. The van der Waals surface area contributed by atoms with Gasteiger partial charge in [0.1, 0.15) is 11.4 Å². The molecule has 28 heavy (non-hydrogen) atoms. The Labute approximate surface area is 167 Å². The van der Waals surface area contributed by atoms with Gasteiger partial charge in [0, 0.05) is 26.3 Å². The van der Waals surface area contributed by atoms with Crippen LogP contribution < -0.4 is 21.7 Å². The van der Waals surface area contributed by atoms with E-state index < -0.39 is 29.5 Å². The number of halogens is 1. The number of primary amides is 1. The number of carbonyl (C=O) groups is 4. The fourth-order valence-corrected chi connectivity index (χ4v) is 2.61. The number of nitrogens with zero attached hydrogens (tertiary/aromatic N) is 1. The number of rotatable bonds is 9. The summed E-state index contributed by atoms with van der Waals surface area (Å²) in [6.07, 6.45) is -0.830. The largest absolute Gasteiger partial charge is 0.465 e. The average molecular weight is 414 g/mol. The average Bonchev–Trinajstić information content (AvgIpc) is 2.62. The van der Waals surface area contributed by atoms with Crippen LogP contribution in [0, 0.1) is 0 Å². The normalized spacial score (nSPS) is 12.4. The summed E-state index contributed by atoms with van der Waals surface area (Å²) in [7, 11) is 3.20. The molecule has 1 aromatic carbocycles. The third kappa shape index (κ3) is 7.70. The molecular formula is C17H24ClN5O5. The van der Waals surface area contributed by atoms with Crippen molar-refractivity contribution in [3.05, 3.63) is 29.8 Å². The molecule has 10 nitrogen and oxygen atoms in total. The second kappa shape index (κ2) is 11.0. The number of likely N-dealkylation sites (N-methyl/N-ethyl adjacent to an activating group) is 1. The Kier molecular flexibility index (Phi) is 9.03. The zero-order chi connectivity index (χ0) is 21.3. The summed E-state index contributed by atoms with van der Waals surface area (Å²) in [6, 6.07) is 4.63. The predicted octanol–water partition coefficient (Wildman–Crippen LogP) is 1.08. The number of hydrogen-bond acceptors (Lipinski definition) is 4. The molecule has 0 spiro atoms. The van der Waals surface area contributed by atoms with E-state index in [1.165, 1.54) is 4.90 Å². The first kappa shape index (κ1) is 23.0. The number of alkyl halides is 1. The highest BCUT2D eigenvalue weighted by molar-refractivity contribution is 6.30. The Morgan fingerprint density at radius 2 is 1.79 bits per heavy atom. The van der Waals surface area contributed by atoms with Gasteiger partial charge in [-0.05, 0) is 30.5 Å². The lowest BCUT2D eigenvalue weighted by molar-refractivity contribution is -0.128. The molecule has 0 heterocycles. The van der Waals surface area contributed by atoms with E-state index >= 15 is 0 Å². The Morgan fingerprint density at radius 1 is 1.18 bits per heavy atom. The van der Waals surface area contributed by atoms with Gasteiger partial charge in [-0.2, -0.15) is 0 Å². The van der Waals surface area contributed by atoms with Crippen LogP contribution in [0.25, 0.3) is 0 Å². The molecule has 5 amide bonds. The van der Waals surface area contributed by atoms with Crippen LogP contribution >= 0.6 is 11.6 Å². The van der Waals surface area contributed by atoms with Crippen molar-refractivity contribution in [2.24, 2.45) is 5.73 Å². The first-order valence-corrected chi connectivity index (χ1v) is 8.84. The van der Waals surface area contributed by atoms with E-state index in [0.717, 1.165) is 0 Å². The molecule has 1 aromatic rings. The van der Waals surface area contributed by atoms with Gasteiger partial charge in [-0.25, -0.2) is 9.59 Å². The number of hydrogen-bond donors (Lipinski definition) is 5. The van der Waals surface area contributed by atoms with Gasteiger partial charge >= 0.3 is 12.1 Å². The van der Waals surface area contributed by atoms with Gasteiger partial charge in [0.15, 0.2) is 0 Å². The van der Waals surface area contributed by atoms with Crippen LogP contribution in [-0.4, -0.2) is 60.6 Å². The van der Waals surface area contributed by atoms with Crippen LogP contribution in [0.4, 0.5) is 15.3 Å². The monoisotopic (exact) mass is 413 g/mol. The highest BCUT2D eigenvalue weighted by atomic mass is 35.5. The molecule has 0 aliphatic rings. The van der Waals surface area contributed by atoms with Gasteiger partial charge in [-0.3, -0.25) is 9.59 Å². The summed E-state index contributed by atoms with van der Waals surface area (Å²) in [5.41, 5.74) is 5.93. The number of amides is 5. The van der Waals surface area contributed by atoms with Crippen LogP contribution in [0.2, 0.25) is 0 Å². The molecular weight excluding hydrogens is 390 g/mol. The predicted molar refractivity (Wildman–Crippen MR) is 104 cm³/mol. The third-order valence-electron chi connectivity index (χ3n) is 3.71. The molecule has 0 bridgehead atoms. The molecule has 0 aliphatic carbocycles. The number of nitrogens with two attached hydrogens (primary N) is 1. The minimum atomic E-state index is -1.34. The lowest BCUT2D eigenvalue weighted by atomic mass is 10.1. The highest BCUT2D eigenvalue weighted by Crippen LogP contribution is 2.23. The molecule has 0 fully saturated rings. The molecule has 1 unspecified atom stereocenters. The number of carbonyl (C=O) groups excluding carboxylic acids is 3. The number of nitrogens with one attached hydrogen (secondary N) is 3. The number of anilines is 1. The molecule has 6 N–H and O–H groups in total. The molecule has 0 saturated heterocycles. The summed E-state index contributed by atoms with van der Waals surface area (Å²) < 4.78 is 0. The molecule has 11 heteroatoms. The first-order chi connectivity index (χ1) is 13.1. The summed E-state index contributed by atoms with van der Waals surface area (Å²) in [5.74, 6) is -0.824. The molecule has 154 valence electrons. The van der Waals surface area contributed by atoms with Gasteiger partial charge in [0.2, 0.25) is 11.8 Å². The van der Waals surface area contributed by atoms with Crippen molar-refractivity contribution >= 4 is 41.2 Å². The lowest BCUT2D eigenvalue weighted by Crippen LogP contribution is -2.43. The van der Waals surface area contributed by atoms with Crippen LogP contribution in [0.1, 0.15) is 23.8 Å². The van der Waals surface area contributed by atoms with Crippen molar-refractivity contribution in [3.8, 4) is 0 Å². The van der Waals surface area contributed by atoms with Crippen molar-refractivity contribution in [2.45, 2.75) is 24.3 Å². The maximum absolute atomic E-state index is 12.4. The summed E-state index contributed by atoms with van der Waals surface area (Å²) in [6.45, 7) is 0.214. The summed E-state index contributed by atoms with van der Waals surface area (Å²) >= 11 is 6.12. The van der Waals surface area contributed by atoms with Crippen LogP contribution in [0.5, 0.6) is 0 Å². The van der Waals surface area contributed by atoms with E-state index in [1.807, 2.05) is 0 Å². The molecule has 0 aliphatic heterocycles.